The molecule has 1 unspecified atom stereocenters. The number of pyridine rings is 1. The molecule has 13 heavy (non-hydrogen) atoms. The Labute approximate surface area is 76.0 Å². The molecule has 0 saturated heterocycles. The van der Waals surface area contributed by atoms with Gasteiger partial charge >= 0.3 is 0 Å². The second-order valence-electron chi connectivity index (χ2n) is 2.78. The SMILES string of the molecule is CCC(C(=O)[O-])n1ccc(=N)cc1. The van der Waals surface area contributed by atoms with Crippen LogP contribution in [-0.2, 0) is 4.79 Å². The van der Waals surface area contributed by atoms with Crippen LogP contribution in [0.2, 0.25) is 0 Å². The van der Waals surface area contributed by atoms with Gasteiger partial charge in [0.2, 0.25) is 0 Å². The molecule has 0 radical (unpaired) electrons. The van der Waals surface area contributed by atoms with Gasteiger partial charge in [-0.1, -0.05) is 6.92 Å². The Kier molecular flexibility index (Phi) is 2.84. The van der Waals surface area contributed by atoms with Crippen molar-refractivity contribution in [2.75, 3.05) is 0 Å². The number of hydrogen-bond acceptors (Lipinski definition) is 3. The number of nitrogens with one attached hydrogen (secondary N) is 1. The molecule has 4 heteroatoms. The minimum Gasteiger partial charge on any atom is -0.548 e. The van der Waals surface area contributed by atoms with E-state index < -0.39 is 12.0 Å². The fourth-order valence-corrected chi connectivity index (χ4v) is 1.14. The smallest absolute Gasteiger partial charge is 0.0722 e. The van der Waals surface area contributed by atoms with Crippen molar-refractivity contribution in [2.24, 2.45) is 0 Å². The third kappa shape index (κ3) is 2.18. The maximum atomic E-state index is 10.6. The van der Waals surface area contributed by atoms with Crippen LogP contribution in [0.15, 0.2) is 24.5 Å². The Balaban J connectivity index is 2.99. The summed E-state index contributed by atoms with van der Waals surface area (Å²) in [6, 6.07) is 2.46. The number of carboxylic acid groups (broad SMARTS) is 1. The molecular formula is C9H11N2O2-. The van der Waals surface area contributed by atoms with Crippen LogP contribution in [0, 0.1) is 5.41 Å². The lowest BCUT2D eigenvalue weighted by Crippen LogP contribution is -2.33. The molecule has 70 valence electrons. The maximum Gasteiger partial charge on any atom is 0.0722 e. The van der Waals surface area contributed by atoms with Gasteiger partial charge in [0.1, 0.15) is 0 Å². The number of aliphatic carboxylic acids is 1. The van der Waals surface area contributed by atoms with E-state index in [1.165, 1.54) is 4.57 Å². The lowest BCUT2D eigenvalue weighted by atomic mass is 10.2. The molecule has 0 bridgehead atoms. The number of carbonyl (C=O) groups excluding carboxylic acids is 1. The van der Waals surface area contributed by atoms with Crippen LogP contribution in [0.25, 0.3) is 0 Å². The quantitative estimate of drug-likeness (QED) is 0.690. The highest BCUT2D eigenvalue weighted by molar-refractivity contribution is 5.69. The maximum absolute atomic E-state index is 10.6. The van der Waals surface area contributed by atoms with Gasteiger partial charge in [-0.25, -0.2) is 0 Å². The minimum absolute atomic E-state index is 0.365. The summed E-state index contributed by atoms with van der Waals surface area (Å²) in [7, 11) is 0. The first-order chi connectivity index (χ1) is 6.15. The lowest BCUT2D eigenvalue weighted by Gasteiger charge is -2.19. The van der Waals surface area contributed by atoms with Crippen LogP contribution in [0.3, 0.4) is 0 Å². The Bertz CT molecular complexity index is 336. The summed E-state index contributed by atoms with van der Waals surface area (Å²) in [6.45, 7) is 1.78. The normalized spacial score (nSPS) is 12.4. The summed E-state index contributed by atoms with van der Waals surface area (Å²) in [5.41, 5.74) is 0. The van der Waals surface area contributed by atoms with Gasteiger partial charge in [0.15, 0.2) is 0 Å². The Morgan fingerprint density at radius 2 is 2.15 bits per heavy atom. The highest BCUT2D eigenvalue weighted by Crippen LogP contribution is 2.07. The summed E-state index contributed by atoms with van der Waals surface area (Å²) in [6.07, 6.45) is 3.63. The van der Waals surface area contributed by atoms with E-state index >= 15 is 0 Å². The largest absolute Gasteiger partial charge is 0.548 e. The van der Waals surface area contributed by atoms with E-state index in [0.717, 1.165) is 0 Å². The van der Waals surface area contributed by atoms with Crippen molar-refractivity contribution in [3.05, 3.63) is 29.9 Å². The molecule has 1 rings (SSSR count). The van der Waals surface area contributed by atoms with Crippen molar-refractivity contribution >= 4 is 5.97 Å². The van der Waals surface area contributed by atoms with E-state index in [1.807, 2.05) is 0 Å². The summed E-state index contributed by atoms with van der Waals surface area (Å²) in [5, 5.41) is 18.2. The fraction of sp³-hybridized carbons (Fsp3) is 0.333. The molecule has 0 amide bonds. The molecule has 4 nitrogen and oxygen atoms in total. The lowest BCUT2D eigenvalue weighted by molar-refractivity contribution is -0.310. The van der Waals surface area contributed by atoms with E-state index in [0.29, 0.717) is 11.8 Å². The number of rotatable bonds is 3. The van der Waals surface area contributed by atoms with Gasteiger partial charge in [0, 0.05) is 12.4 Å². The van der Waals surface area contributed by atoms with E-state index in [9.17, 15) is 9.90 Å². The molecule has 0 aliphatic rings. The zero-order valence-electron chi connectivity index (χ0n) is 7.36. The second-order valence-corrected chi connectivity index (χ2v) is 2.78. The van der Waals surface area contributed by atoms with Gasteiger partial charge in [-0.3, -0.25) is 0 Å². The molecule has 0 spiro atoms. The molecule has 0 saturated carbocycles. The van der Waals surface area contributed by atoms with Crippen molar-refractivity contribution < 1.29 is 9.90 Å². The number of aromatic nitrogens is 1. The highest BCUT2D eigenvalue weighted by atomic mass is 16.4. The van der Waals surface area contributed by atoms with Crippen LogP contribution >= 0.6 is 0 Å². The Morgan fingerprint density at radius 3 is 2.54 bits per heavy atom. The van der Waals surface area contributed by atoms with E-state index in [2.05, 4.69) is 0 Å². The van der Waals surface area contributed by atoms with Crippen molar-refractivity contribution in [3.63, 3.8) is 0 Å². The number of carboxylic acids is 1. The monoisotopic (exact) mass is 179 g/mol. The molecule has 1 aromatic rings. The first-order valence-corrected chi connectivity index (χ1v) is 4.08. The third-order valence-corrected chi connectivity index (χ3v) is 1.87. The molecule has 1 aromatic heterocycles. The summed E-state index contributed by atoms with van der Waals surface area (Å²) in [5.74, 6) is -1.09. The Morgan fingerprint density at radius 1 is 1.62 bits per heavy atom. The summed E-state index contributed by atoms with van der Waals surface area (Å²) >= 11 is 0. The second kappa shape index (κ2) is 3.89. The van der Waals surface area contributed by atoms with Crippen LogP contribution in [-0.4, -0.2) is 10.5 Å². The van der Waals surface area contributed by atoms with Gasteiger partial charge in [-0.15, -0.1) is 0 Å². The van der Waals surface area contributed by atoms with E-state index in [1.54, 1.807) is 31.5 Å². The van der Waals surface area contributed by atoms with Crippen molar-refractivity contribution in [1.82, 2.24) is 4.57 Å². The average molecular weight is 179 g/mol. The van der Waals surface area contributed by atoms with Gasteiger partial charge in [-0.05, 0) is 18.6 Å². The molecule has 0 aromatic carbocycles. The predicted octanol–water partition coefficient (Wildman–Crippen LogP) is -0.331. The van der Waals surface area contributed by atoms with Gasteiger partial charge in [-0.2, -0.15) is 0 Å². The molecule has 1 N–H and O–H groups in total. The van der Waals surface area contributed by atoms with Gasteiger partial charge < -0.3 is 19.9 Å². The van der Waals surface area contributed by atoms with Crippen molar-refractivity contribution in [3.8, 4) is 0 Å². The first-order valence-electron chi connectivity index (χ1n) is 4.08. The highest BCUT2D eigenvalue weighted by Gasteiger charge is 2.06. The van der Waals surface area contributed by atoms with Crippen molar-refractivity contribution in [2.45, 2.75) is 19.4 Å². The molecule has 0 aliphatic heterocycles. The van der Waals surface area contributed by atoms with Crippen LogP contribution < -0.4 is 10.5 Å². The molecule has 1 heterocycles. The fourth-order valence-electron chi connectivity index (χ4n) is 1.14. The molecule has 1 atom stereocenters. The number of hydrogen-bond donors (Lipinski definition) is 1. The van der Waals surface area contributed by atoms with Crippen molar-refractivity contribution in [1.29, 1.82) is 5.41 Å². The zero-order chi connectivity index (χ0) is 9.84. The Hall–Kier alpha value is -1.58. The van der Waals surface area contributed by atoms with E-state index in [-0.39, 0.29) is 0 Å². The molecule has 0 fully saturated rings. The number of carbonyl (C=O) groups is 1. The number of nitrogens with zero attached hydrogens (tertiary/aromatic N) is 1. The minimum atomic E-state index is -1.09. The topological polar surface area (TPSA) is 68.9 Å². The van der Waals surface area contributed by atoms with Gasteiger partial charge in [0.25, 0.3) is 0 Å². The van der Waals surface area contributed by atoms with Crippen LogP contribution in [0.1, 0.15) is 19.4 Å². The predicted molar refractivity (Wildman–Crippen MR) is 44.6 cm³/mol. The van der Waals surface area contributed by atoms with Crippen LogP contribution in [0.4, 0.5) is 0 Å². The third-order valence-electron chi connectivity index (χ3n) is 1.87. The average Bonchev–Trinajstić information content (AvgIpc) is 2.09. The molecule has 0 aliphatic carbocycles. The zero-order valence-corrected chi connectivity index (χ0v) is 7.36. The van der Waals surface area contributed by atoms with Gasteiger partial charge in [0.05, 0.1) is 17.4 Å². The molecular weight excluding hydrogens is 168 g/mol. The van der Waals surface area contributed by atoms with Crippen LogP contribution in [0.5, 0.6) is 0 Å². The summed E-state index contributed by atoms with van der Waals surface area (Å²) < 4.78 is 1.54. The van der Waals surface area contributed by atoms with E-state index in [4.69, 9.17) is 5.41 Å². The first kappa shape index (κ1) is 9.51. The standard InChI is InChI=1S/C9H12N2O2/c1-2-8(9(12)13)11-5-3-7(10)4-6-11/h3-6,8,10H,2H2,1H3,(H,12,13)/p-1. The summed E-state index contributed by atoms with van der Waals surface area (Å²) in [4.78, 5) is 10.6.